The first kappa shape index (κ1) is 97.0. The average Bonchev–Trinajstić information content (AvgIpc) is 1.57. The van der Waals surface area contributed by atoms with Crippen LogP contribution in [0.5, 0.6) is 23.5 Å². The molecule has 28 heteroatoms. The van der Waals surface area contributed by atoms with Gasteiger partial charge in [0.05, 0.1) is 143 Å². The number of aryl methyl sites for hydroxylation is 10. The van der Waals surface area contributed by atoms with Crippen LogP contribution in [0.25, 0.3) is 27.6 Å². The third-order valence-corrected chi connectivity index (χ3v) is 25.4. The van der Waals surface area contributed by atoms with Crippen molar-refractivity contribution in [3.8, 4) is 23.5 Å². The molecule has 0 spiro atoms. The van der Waals surface area contributed by atoms with Crippen LogP contribution >= 0.6 is 0 Å². The van der Waals surface area contributed by atoms with Crippen molar-refractivity contribution < 1.29 is 51.2 Å². The average molecular weight is 1620 g/mol. The second-order valence-corrected chi connectivity index (χ2v) is 34.7. The van der Waals surface area contributed by atoms with Crippen molar-refractivity contribution in [2.75, 3.05) is 234 Å². The van der Waals surface area contributed by atoms with Crippen LogP contribution in [0.2, 0.25) is 0 Å². The zero-order valence-electron chi connectivity index (χ0n) is 75.9. The summed E-state index contributed by atoms with van der Waals surface area (Å²) in [4.78, 5) is 4.76. The number of nitrogens with two attached hydrogens (primary N) is 5. The summed E-state index contributed by atoms with van der Waals surface area (Å²) in [6, 6.07) is 21.6. The molecule has 5 saturated heterocycles. The predicted molar refractivity (Wildman–Crippen MR) is 483 cm³/mol. The quantitative estimate of drug-likeness (QED) is 0.0288. The Bertz CT molecular complexity index is 4740. The third kappa shape index (κ3) is 22.4. The minimum atomic E-state index is 0. The molecule has 28 nitrogen and oxygen atoms in total. The number of likely N-dealkylation sites (tertiary alicyclic amines) is 3. The molecule has 0 radical (unpaired) electrons. The lowest BCUT2D eigenvalue weighted by Crippen LogP contribution is -2.53. The number of aromatic nitrogens is 10. The summed E-state index contributed by atoms with van der Waals surface area (Å²) < 4.78 is 43.5. The lowest BCUT2D eigenvalue weighted by molar-refractivity contribution is -0.916. The first-order valence-electron chi connectivity index (χ1n) is 40.7. The number of nitrogens with zero attached hydrogens (tertiary/aromatic N) is 17. The molecule has 5 aliphatic heterocycles. The maximum absolute atomic E-state index is 9.28. The topological polar surface area (TPSA) is 289 Å². The van der Waals surface area contributed by atoms with E-state index in [9.17, 15) is 5.11 Å². The van der Waals surface area contributed by atoms with Crippen molar-refractivity contribution in [1.82, 2.24) is 53.0 Å². The number of nitrogen functional groups attached to an aromatic ring is 5. The number of piperidine rings is 1. The van der Waals surface area contributed by atoms with Crippen LogP contribution in [0, 0.1) is 106 Å². The van der Waals surface area contributed by atoms with E-state index in [1.807, 2.05) is 66.8 Å². The van der Waals surface area contributed by atoms with Crippen molar-refractivity contribution in [3.63, 3.8) is 0 Å². The van der Waals surface area contributed by atoms with Gasteiger partial charge < -0.3 is 122 Å². The molecule has 15 heterocycles. The maximum Gasteiger partial charge on any atom is 0.257 e. The molecule has 0 bridgehead atoms. The highest BCUT2D eigenvalue weighted by atomic mass is 16.5. The van der Waals surface area contributed by atoms with E-state index in [4.69, 9.17) is 57.5 Å². The number of hydrogen-bond acceptors (Lipinski definition) is 18. The Morgan fingerprint density at radius 1 is 0.410 bits per heavy atom. The zero-order valence-corrected chi connectivity index (χ0v) is 75.9. The van der Waals surface area contributed by atoms with E-state index in [1.165, 1.54) is 92.5 Å². The van der Waals surface area contributed by atoms with Crippen molar-refractivity contribution in [2.45, 2.75) is 126 Å². The second kappa shape index (κ2) is 40.7. The van der Waals surface area contributed by atoms with E-state index in [2.05, 4.69) is 172 Å². The molecular formula is C89H150N22O6. The standard InChI is InChI=1S/C18H30N5O.C17H28N5O.C17H27N4O.C16H25N4O2.C16H25N4O.5CH3/c1-13-6-7-16-17(19)18(20-22(16)14(13)2)24-11-10-21-9-8-15(12-21)23(3,4)5;1-12-5-6-15-16(18)17(19-21(15)13(12)2)20-8-7-14(11-20)22(3,4)9-10-23;1-13-7-8-15-16(18)17(19-20(15)14(13)2)22-12-11-21(3)9-5-4-6-10-21;1-12-4-5-14-15(17)16(18-19(14)13(12)2)22-11-8-20(3)6-9-21-10-7-20;1-12-6-7-14-15(17)16(18-19(14)13(12)2)21-11-10-20(3)8-4-5-9-20;;;;;/h6-7,15H,8-12,19H2,1-5H3;5-6,14,23H,7-11,18H2,1-4H3;7-8H,4-6,9-12,18H2,1-3H3;4-5H,6-11,17H2,1-3H3;6-7H,4-5,8-11,17H2,1-3H3;5*1H3/q5*+1;5*-1. The van der Waals surface area contributed by atoms with Gasteiger partial charge in [0, 0.05) is 73.8 Å². The zero-order chi connectivity index (χ0) is 80.8. The highest BCUT2D eigenvalue weighted by Crippen LogP contribution is 2.35. The van der Waals surface area contributed by atoms with Crippen LogP contribution in [0.4, 0.5) is 34.3 Å². The highest BCUT2D eigenvalue weighted by Gasteiger charge is 2.38. The monoisotopic (exact) mass is 1620 g/mol. The molecule has 0 saturated carbocycles. The number of quaternary nitrogens is 5. The Morgan fingerprint density at radius 3 is 1.07 bits per heavy atom. The van der Waals surface area contributed by atoms with Gasteiger partial charge in [0.1, 0.15) is 106 Å². The number of pyridine rings is 5. The molecule has 10 aromatic heterocycles. The molecule has 0 aromatic carbocycles. The molecule has 11 N–H and O–H groups in total. The van der Waals surface area contributed by atoms with Gasteiger partial charge in [-0.25, -0.2) is 22.6 Å². The lowest BCUT2D eigenvalue weighted by Gasteiger charge is -2.37. The maximum atomic E-state index is 9.28. The van der Waals surface area contributed by atoms with Gasteiger partial charge in [0.15, 0.2) is 5.82 Å². The first-order valence-corrected chi connectivity index (χ1v) is 40.7. The molecule has 5 fully saturated rings. The fourth-order valence-corrected chi connectivity index (χ4v) is 16.1. The van der Waals surface area contributed by atoms with Crippen LogP contribution in [-0.2, 0) is 4.74 Å². The Hall–Kier alpha value is -8.87. The number of aliphatic hydroxyl groups is 1. The molecule has 652 valence electrons. The summed E-state index contributed by atoms with van der Waals surface area (Å²) in [5, 5.41) is 32.2. The second-order valence-electron chi connectivity index (χ2n) is 34.7. The number of hydrogen-bond donors (Lipinski definition) is 6. The van der Waals surface area contributed by atoms with Gasteiger partial charge in [-0.3, -0.25) is 4.90 Å². The van der Waals surface area contributed by atoms with E-state index >= 15 is 0 Å². The molecule has 10 aromatic rings. The van der Waals surface area contributed by atoms with Crippen LogP contribution < -0.4 is 52.5 Å². The van der Waals surface area contributed by atoms with Gasteiger partial charge in [0.25, 0.3) is 23.5 Å². The van der Waals surface area contributed by atoms with Crippen LogP contribution in [0.15, 0.2) is 60.7 Å². The summed E-state index contributed by atoms with van der Waals surface area (Å²) >= 11 is 0. The molecule has 5 aliphatic rings. The fourth-order valence-electron chi connectivity index (χ4n) is 16.1. The van der Waals surface area contributed by atoms with Gasteiger partial charge in [-0.1, -0.05) is 30.3 Å². The lowest BCUT2D eigenvalue weighted by atomic mass is 10.1. The number of likely N-dealkylation sites (N-methyl/N-ethyl adjacent to an activating group) is 5. The van der Waals surface area contributed by atoms with Crippen molar-refractivity contribution in [2.24, 2.45) is 0 Å². The molecule has 15 rings (SSSR count). The Morgan fingerprint density at radius 2 is 0.726 bits per heavy atom. The SMILES string of the molecule is Cc1ccc2c(N)c(N3CCC([N+](C)(C)CCO)C3)nn2c1C.Cc1ccc2c(N)c(OCCN3CCC([N+](C)(C)C)C3)nn2c1C.Cc1ccc2c(N)c(OCC[N+]3(C)CCCC3)nn2c1C.Cc1ccc2c(N)c(OCC[N+]3(C)CCCCC3)nn2c1C.Cc1ccc2c(N)c(OCC[N+]3(C)CCOCC3)nn2c1C.[CH3-].[CH3-].[CH3-].[CH3-].[CH3-]. The van der Waals surface area contributed by atoms with Gasteiger partial charge in [-0.05, 0) is 147 Å². The van der Waals surface area contributed by atoms with Gasteiger partial charge in [-0.2, -0.15) is 0 Å². The Labute approximate surface area is 700 Å². The summed E-state index contributed by atoms with van der Waals surface area (Å²) in [5.74, 6) is 3.11. The summed E-state index contributed by atoms with van der Waals surface area (Å²) in [7, 11) is 18.0. The number of ether oxygens (including phenoxy) is 5. The van der Waals surface area contributed by atoms with Gasteiger partial charge in [-0.15, -0.1) is 25.5 Å². The minimum Gasteiger partial charge on any atom is -0.474 e. The van der Waals surface area contributed by atoms with E-state index in [0.29, 0.717) is 84.8 Å². The molecule has 2 atom stereocenters. The summed E-state index contributed by atoms with van der Waals surface area (Å²) in [6.07, 6.45) is 9.01. The number of aliphatic hydroxyl groups excluding tert-OH is 1. The molecule has 0 aliphatic carbocycles. The van der Waals surface area contributed by atoms with E-state index < -0.39 is 0 Å². The minimum absolute atomic E-state index is 0. The number of anilines is 6. The number of fused-ring (bicyclic) bond motifs is 5. The fraction of sp³-hybridized carbons (Fsp3) is 0.551. The smallest absolute Gasteiger partial charge is 0.257 e. The van der Waals surface area contributed by atoms with E-state index in [0.717, 1.165) is 182 Å². The van der Waals surface area contributed by atoms with Crippen LogP contribution in [0.3, 0.4) is 0 Å². The van der Waals surface area contributed by atoms with E-state index in [1.54, 1.807) is 0 Å². The normalized spacial score (nSPS) is 17.5. The molecule has 117 heavy (non-hydrogen) atoms. The largest absolute Gasteiger partial charge is 0.474 e. The number of morpholine rings is 1. The Balaban J connectivity index is 0.000000225. The van der Waals surface area contributed by atoms with Crippen molar-refractivity contribution in [1.29, 1.82) is 0 Å². The van der Waals surface area contributed by atoms with Gasteiger partial charge in [0.2, 0.25) is 0 Å². The van der Waals surface area contributed by atoms with Crippen molar-refractivity contribution in [3.05, 3.63) is 154 Å². The highest BCUT2D eigenvalue weighted by molar-refractivity contribution is 5.82. The number of rotatable bonds is 21. The molecular weight excluding hydrogens is 1470 g/mol. The van der Waals surface area contributed by atoms with Crippen molar-refractivity contribution >= 4 is 61.8 Å². The van der Waals surface area contributed by atoms with Gasteiger partial charge >= 0.3 is 0 Å². The first-order chi connectivity index (χ1) is 53.1. The Kier molecular flexibility index (Phi) is 33.8. The third-order valence-electron chi connectivity index (χ3n) is 25.4. The van der Waals surface area contributed by atoms with E-state index in [-0.39, 0.29) is 43.7 Å². The summed E-state index contributed by atoms with van der Waals surface area (Å²) in [6.45, 7) is 41.0. The summed E-state index contributed by atoms with van der Waals surface area (Å²) in [5.41, 5.74) is 50.6. The van der Waals surface area contributed by atoms with Crippen LogP contribution in [0.1, 0.15) is 101 Å². The molecule has 0 amide bonds. The predicted octanol–water partition coefficient (Wildman–Crippen LogP) is 11.2. The molecule has 2 unspecified atom stereocenters. The van der Waals surface area contributed by atoms with Crippen LogP contribution in [-0.4, -0.2) is 293 Å².